The Kier molecular flexibility index (Phi) is 7.53. The monoisotopic (exact) mass is 559 g/mol. The fraction of sp³-hybridized carbons (Fsp3) is 0.533. The second-order valence-electron chi connectivity index (χ2n) is 12.4. The summed E-state index contributed by atoms with van der Waals surface area (Å²) >= 11 is 12.5. The highest BCUT2D eigenvalue weighted by Gasteiger charge is 2.65. The van der Waals surface area contributed by atoms with Crippen LogP contribution in [0.2, 0.25) is 10.0 Å². The Morgan fingerprint density at radius 3 is 2.58 bits per heavy atom. The van der Waals surface area contributed by atoms with E-state index in [-0.39, 0.29) is 22.3 Å². The zero-order valence-electron chi connectivity index (χ0n) is 22.2. The number of carbonyl (C=O) groups is 2. The second kappa shape index (κ2) is 10.4. The Balaban J connectivity index is 1.61. The normalized spacial score (nSPS) is 27.1. The van der Waals surface area contributed by atoms with Gasteiger partial charge in [-0.3, -0.25) is 9.59 Å². The van der Waals surface area contributed by atoms with Crippen LogP contribution in [0.25, 0.3) is 0 Å². The van der Waals surface area contributed by atoms with Gasteiger partial charge >= 0.3 is 0 Å². The zero-order chi connectivity index (χ0) is 27.2. The molecule has 38 heavy (non-hydrogen) atoms. The van der Waals surface area contributed by atoms with Crippen molar-refractivity contribution in [3.05, 3.63) is 63.4 Å². The van der Waals surface area contributed by atoms with E-state index in [2.05, 4.69) is 36.7 Å². The summed E-state index contributed by atoms with van der Waals surface area (Å²) < 4.78 is 15.0. The fourth-order valence-electron chi connectivity index (χ4n) is 6.94. The third kappa shape index (κ3) is 4.96. The van der Waals surface area contributed by atoms with E-state index in [9.17, 15) is 14.0 Å². The summed E-state index contributed by atoms with van der Waals surface area (Å²) in [6.45, 7) is 6.89. The van der Waals surface area contributed by atoms with Crippen LogP contribution in [-0.2, 0) is 15.0 Å². The lowest BCUT2D eigenvalue weighted by atomic mass is 9.62. The smallest absolute Gasteiger partial charge is 0.237 e. The molecular formula is C30H36Cl2FN3O2. The van der Waals surface area contributed by atoms with E-state index in [1.807, 2.05) is 18.2 Å². The van der Waals surface area contributed by atoms with Gasteiger partial charge in [-0.2, -0.15) is 0 Å². The molecule has 3 N–H and O–H groups in total. The average Bonchev–Trinajstić information content (AvgIpc) is 3.53. The molecule has 1 aliphatic carbocycles. The summed E-state index contributed by atoms with van der Waals surface area (Å²) in [5, 5.41) is 10.1. The lowest BCUT2D eigenvalue weighted by molar-refractivity contribution is -0.123. The fourth-order valence-corrected chi connectivity index (χ4v) is 7.30. The first-order valence-electron chi connectivity index (χ1n) is 13.6. The number of hydrogen-bond donors (Lipinski definition) is 3. The lowest BCUT2D eigenvalue weighted by Crippen LogP contribution is -2.49. The topological polar surface area (TPSA) is 70.2 Å². The molecule has 1 saturated heterocycles. The minimum absolute atomic E-state index is 0.0556. The molecule has 4 atom stereocenters. The Morgan fingerprint density at radius 1 is 1.16 bits per heavy atom. The van der Waals surface area contributed by atoms with Crippen LogP contribution in [0.15, 0.2) is 36.4 Å². The number of hydrogen-bond acceptors (Lipinski definition) is 3. The molecule has 0 radical (unpaired) electrons. The van der Waals surface area contributed by atoms with E-state index in [1.165, 1.54) is 37.8 Å². The van der Waals surface area contributed by atoms with Gasteiger partial charge in [0.15, 0.2) is 0 Å². The number of benzene rings is 2. The zero-order valence-corrected chi connectivity index (χ0v) is 23.7. The molecule has 5 rings (SSSR count). The van der Waals surface area contributed by atoms with Crippen LogP contribution in [0.3, 0.4) is 0 Å². The van der Waals surface area contributed by atoms with Crippen LogP contribution in [0.4, 0.5) is 10.1 Å². The van der Waals surface area contributed by atoms with E-state index in [1.54, 1.807) is 6.07 Å². The summed E-state index contributed by atoms with van der Waals surface area (Å²) in [5.41, 5.74) is 0.363. The van der Waals surface area contributed by atoms with Gasteiger partial charge in [0, 0.05) is 29.2 Å². The number of rotatable bonds is 6. The van der Waals surface area contributed by atoms with Crippen molar-refractivity contribution in [1.29, 1.82) is 0 Å². The van der Waals surface area contributed by atoms with E-state index < -0.39 is 29.2 Å². The van der Waals surface area contributed by atoms with Gasteiger partial charge in [0.25, 0.3) is 0 Å². The van der Waals surface area contributed by atoms with Crippen molar-refractivity contribution in [2.75, 3.05) is 11.9 Å². The van der Waals surface area contributed by atoms with Crippen molar-refractivity contribution >= 4 is 40.7 Å². The number of nitrogens with one attached hydrogen (secondary N) is 3. The van der Waals surface area contributed by atoms with Gasteiger partial charge in [-0.15, -0.1) is 0 Å². The first-order chi connectivity index (χ1) is 18.0. The molecule has 3 aliphatic rings. The SMILES string of the molecule is CC(C)(C)C[C@H]1NC(C(=O)NCCC2CCCC2)[C@H](c2cccc(Cl)c2)[C@@]12C(=O)Nc1cc(Cl)c(F)cc12. The number of amides is 2. The second-order valence-corrected chi connectivity index (χ2v) is 13.2. The van der Waals surface area contributed by atoms with Crippen LogP contribution < -0.4 is 16.0 Å². The standard InChI is InChI=1S/C30H36Cl2FN3O2/c1-29(2,3)16-24-30(20-14-22(33)21(32)15-23(20)35-28(30)38)25(18-9-6-10-19(31)13-18)26(36-24)27(37)34-12-11-17-7-4-5-8-17/h6,9-10,13-15,17,24-26,36H,4-5,7-8,11-12,16H2,1-3H3,(H,34,37)(H,35,38)/t24-,25+,26?,30+/m1/s1. The molecule has 2 aliphatic heterocycles. The molecule has 204 valence electrons. The summed E-state index contributed by atoms with van der Waals surface area (Å²) in [6.07, 6.45) is 6.48. The van der Waals surface area contributed by atoms with E-state index in [0.29, 0.717) is 35.2 Å². The molecule has 1 unspecified atom stereocenters. The van der Waals surface area contributed by atoms with Crippen molar-refractivity contribution in [1.82, 2.24) is 10.6 Å². The maximum atomic E-state index is 15.0. The molecule has 1 spiro atoms. The number of fused-ring (bicyclic) bond motifs is 2. The predicted molar refractivity (Wildman–Crippen MR) is 150 cm³/mol. The van der Waals surface area contributed by atoms with Gasteiger partial charge in [-0.25, -0.2) is 4.39 Å². The third-order valence-corrected chi connectivity index (χ3v) is 9.04. The molecule has 2 aromatic rings. The van der Waals surface area contributed by atoms with Gasteiger partial charge < -0.3 is 16.0 Å². The summed E-state index contributed by atoms with van der Waals surface area (Å²) in [6, 6.07) is 9.00. The minimum Gasteiger partial charge on any atom is -0.355 e. The van der Waals surface area contributed by atoms with Crippen molar-refractivity contribution in [2.24, 2.45) is 11.3 Å². The predicted octanol–water partition coefficient (Wildman–Crippen LogP) is 6.58. The van der Waals surface area contributed by atoms with Crippen LogP contribution in [0.1, 0.15) is 76.3 Å². The van der Waals surface area contributed by atoms with Crippen LogP contribution in [0.5, 0.6) is 0 Å². The van der Waals surface area contributed by atoms with E-state index in [4.69, 9.17) is 23.2 Å². The molecule has 5 nitrogen and oxygen atoms in total. The lowest BCUT2D eigenvalue weighted by Gasteiger charge is -2.37. The van der Waals surface area contributed by atoms with Gasteiger partial charge in [0.2, 0.25) is 11.8 Å². The Labute approximate surface area is 234 Å². The largest absolute Gasteiger partial charge is 0.355 e. The van der Waals surface area contributed by atoms with Gasteiger partial charge in [0.05, 0.1) is 11.1 Å². The molecule has 2 heterocycles. The Morgan fingerprint density at radius 2 is 1.89 bits per heavy atom. The maximum absolute atomic E-state index is 15.0. The van der Waals surface area contributed by atoms with E-state index >= 15 is 0 Å². The van der Waals surface area contributed by atoms with Gasteiger partial charge in [-0.1, -0.05) is 81.8 Å². The third-order valence-electron chi connectivity index (χ3n) is 8.52. The number of anilines is 1. The minimum atomic E-state index is -1.23. The maximum Gasteiger partial charge on any atom is 0.237 e. The molecule has 2 aromatic carbocycles. The first-order valence-corrected chi connectivity index (χ1v) is 14.4. The molecule has 0 aromatic heterocycles. The van der Waals surface area contributed by atoms with Crippen molar-refractivity contribution in [2.45, 2.75) is 82.7 Å². The van der Waals surface area contributed by atoms with Crippen molar-refractivity contribution in [3.8, 4) is 0 Å². The molecule has 0 bridgehead atoms. The highest BCUT2D eigenvalue weighted by atomic mass is 35.5. The van der Waals surface area contributed by atoms with Crippen molar-refractivity contribution < 1.29 is 14.0 Å². The van der Waals surface area contributed by atoms with E-state index in [0.717, 1.165) is 12.0 Å². The average molecular weight is 561 g/mol. The Hall–Kier alpha value is -2.15. The van der Waals surface area contributed by atoms with Gasteiger partial charge in [0.1, 0.15) is 11.2 Å². The number of carbonyl (C=O) groups excluding carboxylic acids is 2. The summed E-state index contributed by atoms with van der Waals surface area (Å²) in [5.74, 6) is -0.968. The highest BCUT2D eigenvalue weighted by molar-refractivity contribution is 6.31. The van der Waals surface area contributed by atoms with Gasteiger partial charge in [-0.05, 0) is 59.6 Å². The number of halogens is 3. The molecule has 8 heteroatoms. The summed E-state index contributed by atoms with van der Waals surface area (Å²) in [4.78, 5) is 28.0. The molecule has 2 amide bonds. The molecule has 2 fully saturated rings. The Bertz CT molecular complexity index is 1240. The highest BCUT2D eigenvalue weighted by Crippen LogP contribution is 2.57. The van der Waals surface area contributed by atoms with Crippen LogP contribution >= 0.6 is 23.2 Å². The van der Waals surface area contributed by atoms with Crippen LogP contribution in [-0.4, -0.2) is 30.4 Å². The summed E-state index contributed by atoms with van der Waals surface area (Å²) in [7, 11) is 0. The first kappa shape index (κ1) is 27.4. The molecular weight excluding hydrogens is 524 g/mol. The molecule has 1 saturated carbocycles. The van der Waals surface area contributed by atoms with Crippen molar-refractivity contribution in [3.63, 3.8) is 0 Å². The quantitative estimate of drug-likeness (QED) is 0.374. The van der Waals surface area contributed by atoms with Crippen LogP contribution in [0, 0.1) is 17.2 Å².